The molecule has 3 heterocycles. The molecule has 34 heavy (non-hydrogen) atoms. The molecule has 1 saturated heterocycles. The molecule has 1 unspecified atom stereocenters. The van der Waals surface area contributed by atoms with Crippen LogP contribution in [0.4, 0.5) is 4.79 Å². The van der Waals surface area contributed by atoms with Gasteiger partial charge in [-0.05, 0) is 24.6 Å². The smallest absolute Gasteiger partial charge is 0.486 e. The summed E-state index contributed by atoms with van der Waals surface area (Å²) in [5.74, 6) is -1.77. The molecule has 1 fully saturated rings. The fourth-order valence-electron chi connectivity index (χ4n) is 3.29. The van der Waals surface area contributed by atoms with E-state index in [0.29, 0.717) is 16.0 Å². The zero-order chi connectivity index (χ0) is 24.2. The molecule has 12 heteroatoms. The Hall–Kier alpha value is -4.35. The fraction of sp³-hybridized carbons (Fsp3) is 0.318. The van der Waals surface area contributed by atoms with Gasteiger partial charge < -0.3 is 23.0 Å². The van der Waals surface area contributed by atoms with Crippen molar-refractivity contribution < 1.29 is 47.1 Å². The summed E-state index contributed by atoms with van der Waals surface area (Å²) in [6.45, 7) is 1.34. The first kappa shape index (κ1) is 22.8. The second-order valence-corrected chi connectivity index (χ2v) is 7.27. The predicted octanol–water partition coefficient (Wildman–Crippen LogP) is 2.80. The van der Waals surface area contributed by atoms with Gasteiger partial charge in [-0.1, -0.05) is 5.06 Å². The van der Waals surface area contributed by atoms with E-state index in [1.54, 1.807) is 18.2 Å². The second kappa shape index (κ2) is 9.65. The Morgan fingerprint density at radius 2 is 1.76 bits per heavy atom. The molecule has 178 valence electrons. The number of amides is 2. The number of hydrogen-bond acceptors (Lipinski definition) is 11. The number of nitrogens with zero attached hydrogens (tertiary/aromatic N) is 1. The summed E-state index contributed by atoms with van der Waals surface area (Å²) in [6.07, 6.45) is -1.17. The number of hydroxylamine groups is 2. The molecule has 3 aromatic rings. The topological polar surface area (TPSA) is 152 Å². The summed E-state index contributed by atoms with van der Waals surface area (Å²) in [5, 5.41) is 1.73. The zero-order valence-electron chi connectivity index (χ0n) is 17.9. The van der Waals surface area contributed by atoms with Crippen molar-refractivity contribution in [3.63, 3.8) is 0 Å². The molecule has 0 spiro atoms. The minimum absolute atomic E-state index is 0.0604. The summed E-state index contributed by atoms with van der Waals surface area (Å²) >= 11 is 0. The number of ether oxygens (including phenoxy) is 3. The highest BCUT2D eigenvalue weighted by Gasteiger charge is 2.34. The van der Waals surface area contributed by atoms with Crippen molar-refractivity contribution in [2.24, 2.45) is 0 Å². The molecule has 4 rings (SSSR count). The van der Waals surface area contributed by atoms with E-state index >= 15 is 0 Å². The Balaban J connectivity index is 1.26. The average Bonchev–Trinajstić information content (AvgIpc) is 3.37. The van der Waals surface area contributed by atoms with Gasteiger partial charge in [-0.3, -0.25) is 19.2 Å². The third-order valence-electron chi connectivity index (χ3n) is 4.79. The molecule has 0 N–H and O–H groups in total. The third-order valence-corrected chi connectivity index (χ3v) is 4.79. The van der Waals surface area contributed by atoms with E-state index in [1.165, 1.54) is 19.3 Å². The van der Waals surface area contributed by atoms with Gasteiger partial charge in [0.05, 0.1) is 12.9 Å². The maximum atomic E-state index is 12.0. The second-order valence-electron chi connectivity index (χ2n) is 7.27. The number of fused-ring (bicyclic) bond motifs is 2. The SMILES string of the molecule is CC(OC(=O)CCCOc1c2occc2cc2ccc(=O)oc12)OC(=O)ON1C(=O)CCC1=O. The molecule has 2 amide bonds. The van der Waals surface area contributed by atoms with E-state index in [2.05, 4.69) is 4.84 Å². The number of carbonyl (C=O) groups excluding carboxylic acids is 4. The van der Waals surface area contributed by atoms with Crippen molar-refractivity contribution in [3.8, 4) is 5.75 Å². The van der Waals surface area contributed by atoms with Crippen LogP contribution in [0, 0.1) is 0 Å². The number of benzene rings is 1. The van der Waals surface area contributed by atoms with Crippen molar-refractivity contribution in [3.05, 3.63) is 40.9 Å². The Bertz CT molecular complexity index is 1310. The van der Waals surface area contributed by atoms with Gasteiger partial charge in [0.25, 0.3) is 11.8 Å². The van der Waals surface area contributed by atoms with Crippen LogP contribution in [0.5, 0.6) is 5.75 Å². The van der Waals surface area contributed by atoms with Gasteiger partial charge in [-0.2, -0.15) is 0 Å². The molecular formula is C22H19NO11. The molecular weight excluding hydrogens is 454 g/mol. The molecule has 0 aliphatic carbocycles. The van der Waals surface area contributed by atoms with Gasteiger partial charge in [0.15, 0.2) is 11.2 Å². The lowest BCUT2D eigenvalue weighted by atomic mass is 10.1. The van der Waals surface area contributed by atoms with Crippen molar-refractivity contribution >= 4 is 45.9 Å². The van der Waals surface area contributed by atoms with Crippen molar-refractivity contribution in [2.45, 2.75) is 38.9 Å². The van der Waals surface area contributed by atoms with Crippen LogP contribution in [0.25, 0.3) is 21.9 Å². The maximum Gasteiger partial charge on any atom is 0.537 e. The van der Waals surface area contributed by atoms with Crippen LogP contribution < -0.4 is 10.4 Å². The largest absolute Gasteiger partial charge is 0.537 e. The Labute approximate surface area is 190 Å². The van der Waals surface area contributed by atoms with Crippen molar-refractivity contribution in [1.82, 2.24) is 5.06 Å². The van der Waals surface area contributed by atoms with Gasteiger partial charge in [-0.25, -0.2) is 9.59 Å². The molecule has 0 radical (unpaired) electrons. The van der Waals surface area contributed by atoms with Crippen LogP contribution in [-0.2, 0) is 28.7 Å². The number of hydrogen-bond donors (Lipinski definition) is 0. The normalized spacial score (nSPS) is 14.4. The van der Waals surface area contributed by atoms with Crippen molar-refractivity contribution in [2.75, 3.05) is 6.61 Å². The molecule has 1 atom stereocenters. The van der Waals surface area contributed by atoms with Crippen molar-refractivity contribution in [1.29, 1.82) is 0 Å². The van der Waals surface area contributed by atoms with Crippen LogP contribution in [0.2, 0.25) is 0 Å². The fourth-order valence-corrected chi connectivity index (χ4v) is 3.29. The summed E-state index contributed by atoms with van der Waals surface area (Å²) in [5.41, 5.74) is 0.0887. The number of esters is 1. The van der Waals surface area contributed by atoms with Crippen LogP contribution in [0.3, 0.4) is 0 Å². The van der Waals surface area contributed by atoms with Crippen LogP contribution in [0.15, 0.2) is 44.2 Å². The first-order valence-electron chi connectivity index (χ1n) is 10.3. The highest BCUT2D eigenvalue weighted by molar-refractivity contribution is 6.01. The van der Waals surface area contributed by atoms with E-state index in [-0.39, 0.29) is 43.6 Å². The molecule has 1 aliphatic rings. The van der Waals surface area contributed by atoms with E-state index in [9.17, 15) is 24.0 Å². The predicted molar refractivity (Wildman–Crippen MR) is 111 cm³/mol. The first-order valence-corrected chi connectivity index (χ1v) is 10.3. The van der Waals surface area contributed by atoms with Gasteiger partial charge >= 0.3 is 17.8 Å². The zero-order valence-corrected chi connectivity index (χ0v) is 17.9. The van der Waals surface area contributed by atoms with Gasteiger partial charge in [0.1, 0.15) is 0 Å². The Kier molecular flexibility index (Phi) is 6.48. The van der Waals surface area contributed by atoms with Crippen LogP contribution in [0.1, 0.15) is 32.6 Å². The maximum absolute atomic E-state index is 12.0. The Morgan fingerprint density at radius 3 is 2.53 bits per heavy atom. The average molecular weight is 473 g/mol. The Morgan fingerprint density at radius 1 is 1.03 bits per heavy atom. The number of furan rings is 1. The minimum atomic E-state index is -1.35. The highest BCUT2D eigenvalue weighted by atomic mass is 16.9. The van der Waals surface area contributed by atoms with Gasteiger partial charge in [0.2, 0.25) is 12.0 Å². The standard InChI is InChI=1S/C22H19NO11/c1-12(32-22(28)34-23-15(24)5-6-16(23)25)31-17(26)3-2-9-29-21-19-14(8-10-30-19)11-13-4-7-18(27)33-20(13)21/h4,7-8,10-12H,2-3,5-6,9H2,1H3. The number of rotatable bonds is 8. The molecule has 2 aromatic heterocycles. The quantitative estimate of drug-likeness (QED) is 0.156. The van der Waals surface area contributed by atoms with E-state index < -0.39 is 35.9 Å². The van der Waals surface area contributed by atoms with E-state index in [1.807, 2.05) is 0 Å². The summed E-state index contributed by atoms with van der Waals surface area (Å²) in [7, 11) is 0. The lowest BCUT2D eigenvalue weighted by molar-refractivity contribution is -0.191. The number of imide groups is 1. The monoisotopic (exact) mass is 473 g/mol. The van der Waals surface area contributed by atoms with Crippen LogP contribution >= 0.6 is 0 Å². The highest BCUT2D eigenvalue weighted by Crippen LogP contribution is 2.35. The van der Waals surface area contributed by atoms with E-state index in [0.717, 1.165) is 5.39 Å². The molecule has 1 aromatic carbocycles. The number of carbonyl (C=O) groups is 4. The lowest BCUT2D eigenvalue weighted by Crippen LogP contribution is -2.34. The van der Waals surface area contributed by atoms with Gasteiger partial charge in [0, 0.05) is 43.0 Å². The van der Waals surface area contributed by atoms with Crippen LogP contribution in [-0.4, -0.2) is 41.9 Å². The summed E-state index contributed by atoms with van der Waals surface area (Å²) in [6, 6.07) is 6.45. The summed E-state index contributed by atoms with van der Waals surface area (Å²) in [4.78, 5) is 62.7. The van der Waals surface area contributed by atoms with Gasteiger partial charge in [-0.15, -0.1) is 0 Å². The molecule has 0 bridgehead atoms. The lowest BCUT2D eigenvalue weighted by Gasteiger charge is -2.16. The summed E-state index contributed by atoms with van der Waals surface area (Å²) < 4.78 is 26.1. The molecule has 0 saturated carbocycles. The first-order chi connectivity index (χ1) is 16.3. The molecule has 12 nitrogen and oxygen atoms in total. The molecule has 1 aliphatic heterocycles. The third kappa shape index (κ3) is 5.00. The van der Waals surface area contributed by atoms with E-state index in [4.69, 9.17) is 23.0 Å². The minimum Gasteiger partial charge on any atom is -0.486 e.